The van der Waals surface area contributed by atoms with Crippen molar-refractivity contribution in [3.05, 3.63) is 30.5 Å². The molecule has 190 valence electrons. The van der Waals surface area contributed by atoms with Crippen molar-refractivity contribution in [3.8, 4) is 17.6 Å². The normalized spacial score (nSPS) is 30.3. The van der Waals surface area contributed by atoms with Crippen LogP contribution in [0.4, 0.5) is 0 Å². The molecule has 4 aliphatic carbocycles. The maximum Gasteiger partial charge on any atom is 0.242 e. The third-order valence-corrected chi connectivity index (χ3v) is 9.76. The number of carbonyl (C=O) groups is 1. The highest BCUT2D eigenvalue weighted by molar-refractivity contribution is 7.89. The van der Waals surface area contributed by atoms with E-state index < -0.39 is 15.9 Å². The van der Waals surface area contributed by atoms with Crippen LogP contribution in [0.25, 0.3) is 5.82 Å². The molecule has 0 aliphatic heterocycles. The molecule has 6 rings (SSSR count). The summed E-state index contributed by atoms with van der Waals surface area (Å²) < 4.78 is 29.0. The summed E-state index contributed by atoms with van der Waals surface area (Å²) in [5.74, 6) is 1.41. The Morgan fingerprint density at radius 2 is 1.71 bits per heavy atom. The molecule has 1 amide bonds. The fourth-order valence-corrected chi connectivity index (χ4v) is 7.56. The zero-order valence-electron chi connectivity index (χ0n) is 19.7. The van der Waals surface area contributed by atoms with E-state index in [1.165, 1.54) is 30.7 Å². The molecule has 0 radical (unpaired) electrons. The predicted molar refractivity (Wildman–Crippen MR) is 128 cm³/mol. The molecule has 11 heteroatoms. The standard InChI is InChI=1S/C24H33N5O5S/c1-14(23(32)27-13-24(25)17-7-15-6-16(9-17)10-18(24)8-15)11-28-35(33,34)19-2-3-20(26-12-19)29-21(30)4-5-22(29)31/h2-5,12,14-18,28,30-31H,6-11,13,25H2,1H3,(H,27,32). The second-order valence-electron chi connectivity index (χ2n) is 10.6. The van der Waals surface area contributed by atoms with Gasteiger partial charge in [-0.2, -0.15) is 0 Å². The Bertz CT molecular complexity index is 1160. The van der Waals surface area contributed by atoms with Crippen molar-refractivity contribution < 1.29 is 23.4 Å². The second kappa shape index (κ2) is 8.79. The summed E-state index contributed by atoms with van der Waals surface area (Å²) in [6.45, 7) is 2.04. The average Bonchev–Trinajstić information content (AvgIpc) is 3.17. The predicted octanol–water partition coefficient (Wildman–Crippen LogP) is 1.47. The van der Waals surface area contributed by atoms with Gasteiger partial charge in [-0.1, -0.05) is 6.92 Å². The third-order valence-electron chi connectivity index (χ3n) is 8.35. The van der Waals surface area contributed by atoms with E-state index in [1.54, 1.807) is 6.92 Å². The van der Waals surface area contributed by atoms with E-state index in [2.05, 4.69) is 15.0 Å². The second-order valence-corrected chi connectivity index (χ2v) is 12.4. The Labute approximate surface area is 205 Å². The van der Waals surface area contributed by atoms with Crippen LogP contribution in [-0.2, 0) is 14.8 Å². The van der Waals surface area contributed by atoms with Gasteiger partial charge in [0.2, 0.25) is 15.9 Å². The number of hydrogen-bond donors (Lipinski definition) is 5. The molecule has 2 aromatic heterocycles. The number of nitrogens with two attached hydrogens (primary N) is 1. The summed E-state index contributed by atoms with van der Waals surface area (Å²) in [4.78, 5) is 16.7. The maximum absolute atomic E-state index is 12.7. The van der Waals surface area contributed by atoms with E-state index in [9.17, 15) is 23.4 Å². The minimum Gasteiger partial charge on any atom is -0.494 e. The Morgan fingerprint density at radius 3 is 2.26 bits per heavy atom. The Kier molecular flexibility index (Phi) is 6.05. The van der Waals surface area contributed by atoms with E-state index in [1.807, 2.05) is 0 Å². The van der Waals surface area contributed by atoms with Crippen molar-refractivity contribution in [2.24, 2.45) is 35.3 Å². The van der Waals surface area contributed by atoms with Gasteiger partial charge < -0.3 is 21.3 Å². The van der Waals surface area contributed by atoms with Crippen molar-refractivity contribution in [1.82, 2.24) is 19.6 Å². The molecular weight excluding hydrogens is 470 g/mol. The zero-order valence-corrected chi connectivity index (χ0v) is 20.5. The van der Waals surface area contributed by atoms with Gasteiger partial charge in [0.15, 0.2) is 11.8 Å². The van der Waals surface area contributed by atoms with Gasteiger partial charge in [-0.05, 0) is 67.9 Å². The number of nitrogens with one attached hydrogen (secondary N) is 2. The molecule has 4 saturated carbocycles. The van der Waals surface area contributed by atoms with Crippen LogP contribution < -0.4 is 15.8 Å². The molecule has 6 N–H and O–H groups in total. The van der Waals surface area contributed by atoms with Crippen LogP contribution in [0.5, 0.6) is 11.8 Å². The topological polar surface area (TPSA) is 160 Å². The lowest BCUT2D eigenvalue weighted by Crippen LogP contribution is -2.67. The Hall–Kier alpha value is -2.63. The molecule has 4 fully saturated rings. The molecule has 4 bridgehead atoms. The number of amides is 1. The Morgan fingerprint density at radius 1 is 1.11 bits per heavy atom. The van der Waals surface area contributed by atoms with Gasteiger partial charge in [0, 0.05) is 42.9 Å². The van der Waals surface area contributed by atoms with Crippen molar-refractivity contribution in [3.63, 3.8) is 0 Å². The lowest BCUT2D eigenvalue weighted by atomic mass is 9.49. The molecule has 10 nitrogen and oxygen atoms in total. The first-order valence-electron chi connectivity index (χ1n) is 12.2. The molecule has 2 aromatic rings. The number of aromatic nitrogens is 2. The first-order chi connectivity index (χ1) is 16.6. The first-order valence-corrected chi connectivity index (χ1v) is 13.7. The van der Waals surface area contributed by atoms with Crippen molar-refractivity contribution >= 4 is 15.9 Å². The van der Waals surface area contributed by atoms with Gasteiger partial charge in [0.05, 0.1) is 0 Å². The highest BCUT2D eigenvalue weighted by atomic mass is 32.2. The quantitative estimate of drug-likeness (QED) is 0.365. The minimum atomic E-state index is -3.91. The van der Waals surface area contributed by atoms with Crippen LogP contribution in [0, 0.1) is 29.6 Å². The lowest BCUT2D eigenvalue weighted by Gasteiger charge is -2.60. The number of sulfonamides is 1. The van der Waals surface area contributed by atoms with E-state index in [0.29, 0.717) is 18.4 Å². The number of pyridine rings is 1. The average molecular weight is 504 g/mol. The molecule has 0 saturated heterocycles. The first kappa shape index (κ1) is 24.1. The summed E-state index contributed by atoms with van der Waals surface area (Å²) in [6.07, 6.45) is 7.10. The van der Waals surface area contributed by atoms with Crippen molar-refractivity contribution in [2.45, 2.75) is 49.5 Å². The summed E-state index contributed by atoms with van der Waals surface area (Å²) in [5.41, 5.74) is 6.50. The molecular formula is C24H33N5O5S. The molecule has 0 aromatic carbocycles. The highest BCUT2D eigenvalue weighted by Crippen LogP contribution is 2.57. The number of rotatable bonds is 8. The molecule has 0 spiro atoms. The monoisotopic (exact) mass is 503 g/mol. The van der Waals surface area contributed by atoms with E-state index >= 15 is 0 Å². The largest absolute Gasteiger partial charge is 0.494 e. The van der Waals surface area contributed by atoms with E-state index in [0.717, 1.165) is 48.3 Å². The van der Waals surface area contributed by atoms with Crippen LogP contribution in [0.15, 0.2) is 35.4 Å². The summed E-state index contributed by atoms with van der Waals surface area (Å²) in [6, 6.07) is 5.28. The lowest BCUT2D eigenvalue weighted by molar-refractivity contribution is -0.125. The fourth-order valence-electron chi connectivity index (χ4n) is 6.49. The van der Waals surface area contributed by atoms with Gasteiger partial charge in [0.1, 0.15) is 10.7 Å². The smallest absolute Gasteiger partial charge is 0.242 e. The summed E-state index contributed by atoms with van der Waals surface area (Å²) in [5, 5.41) is 22.6. The zero-order chi connectivity index (χ0) is 25.0. The van der Waals surface area contributed by atoms with Gasteiger partial charge in [-0.3, -0.25) is 4.79 Å². The van der Waals surface area contributed by atoms with Gasteiger partial charge >= 0.3 is 0 Å². The van der Waals surface area contributed by atoms with Crippen LogP contribution in [0.2, 0.25) is 0 Å². The highest BCUT2D eigenvalue weighted by Gasteiger charge is 2.55. The number of aromatic hydroxyl groups is 2. The van der Waals surface area contributed by atoms with Crippen molar-refractivity contribution in [2.75, 3.05) is 13.1 Å². The van der Waals surface area contributed by atoms with Gasteiger partial charge in [-0.25, -0.2) is 22.7 Å². The van der Waals surface area contributed by atoms with E-state index in [4.69, 9.17) is 5.73 Å². The van der Waals surface area contributed by atoms with Gasteiger partial charge in [0.25, 0.3) is 0 Å². The molecule has 4 aliphatic rings. The SMILES string of the molecule is CC(CNS(=O)(=O)c1ccc(-n2c(O)ccc2O)nc1)C(=O)NCC1(N)C2CC3CC(C2)CC1C3. The van der Waals surface area contributed by atoms with E-state index in [-0.39, 0.29) is 40.5 Å². The van der Waals surface area contributed by atoms with Crippen molar-refractivity contribution in [1.29, 1.82) is 0 Å². The molecule has 1 unspecified atom stereocenters. The van der Waals surface area contributed by atoms with Crippen LogP contribution in [0.3, 0.4) is 0 Å². The molecule has 2 heterocycles. The Balaban J connectivity index is 1.16. The number of carbonyl (C=O) groups excluding carboxylic acids is 1. The summed E-state index contributed by atoms with van der Waals surface area (Å²) >= 11 is 0. The number of nitrogens with zero attached hydrogens (tertiary/aromatic N) is 2. The number of hydrogen-bond acceptors (Lipinski definition) is 7. The third kappa shape index (κ3) is 4.41. The molecule has 35 heavy (non-hydrogen) atoms. The summed E-state index contributed by atoms with van der Waals surface area (Å²) in [7, 11) is -3.91. The van der Waals surface area contributed by atoms with Crippen LogP contribution >= 0.6 is 0 Å². The maximum atomic E-state index is 12.7. The van der Waals surface area contributed by atoms with Gasteiger partial charge in [-0.15, -0.1) is 0 Å². The van der Waals surface area contributed by atoms with Crippen LogP contribution in [-0.4, -0.2) is 52.7 Å². The van der Waals surface area contributed by atoms with Crippen LogP contribution in [0.1, 0.15) is 39.0 Å². The minimum absolute atomic E-state index is 0.0658. The molecule has 1 atom stereocenters. The fraction of sp³-hybridized carbons (Fsp3) is 0.583.